The van der Waals surface area contributed by atoms with Gasteiger partial charge in [0, 0.05) is 10.4 Å². The molecule has 0 aliphatic rings. The molecule has 0 unspecified atom stereocenters. The van der Waals surface area contributed by atoms with Crippen molar-refractivity contribution in [3.63, 3.8) is 0 Å². The first kappa shape index (κ1) is 13.3. The van der Waals surface area contributed by atoms with Gasteiger partial charge >= 0.3 is 5.97 Å². The summed E-state index contributed by atoms with van der Waals surface area (Å²) in [5, 5.41) is 9.20. The minimum atomic E-state index is -0.951. The van der Waals surface area contributed by atoms with Crippen LogP contribution in [0, 0.1) is 6.92 Å². The van der Waals surface area contributed by atoms with Crippen molar-refractivity contribution in [3.8, 4) is 17.0 Å². The molecule has 19 heavy (non-hydrogen) atoms. The van der Waals surface area contributed by atoms with Gasteiger partial charge in [0.05, 0.1) is 5.69 Å². The number of nitrogens with zero attached hydrogens (tertiary/aromatic N) is 1. The molecule has 0 saturated heterocycles. The van der Waals surface area contributed by atoms with E-state index in [1.54, 1.807) is 37.3 Å². The third-order valence-corrected chi connectivity index (χ3v) is 3.32. The van der Waals surface area contributed by atoms with E-state index in [4.69, 9.17) is 4.74 Å². The second-order valence-electron chi connectivity index (χ2n) is 3.89. The Morgan fingerprint density at radius 2 is 2.16 bits per heavy atom. The highest BCUT2D eigenvalue weighted by Crippen LogP contribution is 2.29. The van der Waals surface area contributed by atoms with Crippen LogP contribution in [-0.2, 0) is 0 Å². The number of aromatic carboxylic acids is 1. The molecule has 0 atom stereocenters. The molecule has 4 nitrogen and oxygen atoms in total. The Balaban J connectivity index is 2.32. The Hall–Kier alpha value is -2.14. The number of benzene rings is 1. The average Bonchev–Trinajstić information content (AvgIpc) is 2.79. The standard InChI is InChI=1S/C14H13NO3S/c1-3-8-18-11-6-4-10(5-7-11)13-12(14(16)17)9(2)19-15-13/h3-7H,1,8H2,2H3,(H,16,17). The molecule has 0 aliphatic carbocycles. The minimum absolute atomic E-state index is 0.268. The highest BCUT2D eigenvalue weighted by atomic mass is 32.1. The summed E-state index contributed by atoms with van der Waals surface area (Å²) in [6.07, 6.45) is 1.67. The summed E-state index contributed by atoms with van der Waals surface area (Å²) in [4.78, 5) is 11.9. The molecular formula is C14H13NO3S. The van der Waals surface area contributed by atoms with Gasteiger partial charge in [-0.15, -0.1) is 0 Å². The van der Waals surface area contributed by atoms with Crippen molar-refractivity contribution in [1.82, 2.24) is 4.37 Å². The number of ether oxygens (including phenoxy) is 1. The fourth-order valence-corrected chi connectivity index (χ4v) is 2.39. The smallest absolute Gasteiger partial charge is 0.339 e. The normalized spacial score (nSPS) is 10.2. The molecule has 1 N–H and O–H groups in total. The van der Waals surface area contributed by atoms with Crippen LogP contribution in [0.3, 0.4) is 0 Å². The number of carbonyl (C=O) groups is 1. The lowest BCUT2D eigenvalue weighted by Gasteiger charge is -2.04. The maximum atomic E-state index is 11.2. The molecule has 1 aromatic heterocycles. The number of aromatic nitrogens is 1. The summed E-state index contributed by atoms with van der Waals surface area (Å²) in [6.45, 7) is 5.77. The lowest BCUT2D eigenvalue weighted by molar-refractivity contribution is 0.0697. The molecule has 98 valence electrons. The summed E-state index contributed by atoms with van der Waals surface area (Å²) >= 11 is 1.20. The number of rotatable bonds is 5. The van der Waals surface area contributed by atoms with Crippen LogP contribution in [0.5, 0.6) is 5.75 Å². The second kappa shape index (κ2) is 5.67. The molecule has 1 aromatic carbocycles. The van der Waals surface area contributed by atoms with E-state index in [0.29, 0.717) is 22.9 Å². The first-order valence-corrected chi connectivity index (χ1v) is 6.44. The van der Waals surface area contributed by atoms with Crippen molar-refractivity contribution in [2.45, 2.75) is 6.92 Å². The third kappa shape index (κ3) is 2.82. The zero-order valence-electron chi connectivity index (χ0n) is 10.4. The maximum absolute atomic E-state index is 11.2. The highest BCUT2D eigenvalue weighted by Gasteiger charge is 2.18. The van der Waals surface area contributed by atoms with Crippen LogP contribution in [0.2, 0.25) is 0 Å². The van der Waals surface area contributed by atoms with Gasteiger partial charge < -0.3 is 9.84 Å². The Morgan fingerprint density at radius 1 is 1.47 bits per heavy atom. The highest BCUT2D eigenvalue weighted by molar-refractivity contribution is 7.06. The van der Waals surface area contributed by atoms with Crippen molar-refractivity contribution in [1.29, 1.82) is 0 Å². The van der Waals surface area contributed by atoms with Crippen molar-refractivity contribution < 1.29 is 14.6 Å². The molecular weight excluding hydrogens is 262 g/mol. The lowest BCUT2D eigenvalue weighted by atomic mass is 10.1. The van der Waals surface area contributed by atoms with Crippen LogP contribution < -0.4 is 4.74 Å². The van der Waals surface area contributed by atoms with Gasteiger partial charge in [-0.05, 0) is 42.7 Å². The summed E-state index contributed by atoms with van der Waals surface area (Å²) < 4.78 is 9.58. The molecule has 0 amide bonds. The summed E-state index contributed by atoms with van der Waals surface area (Å²) in [5.41, 5.74) is 1.54. The molecule has 2 aromatic rings. The summed E-state index contributed by atoms with van der Waals surface area (Å²) in [5.74, 6) is -0.235. The van der Waals surface area contributed by atoms with Gasteiger partial charge in [-0.25, -0.2) is 4.79 Å². The fraction of sp³-hybridized carbons (Fsp3) is 0.143. The van der Waals surface area contributed by atoms with Gasteiger partial charge in [0.1, 0.15) is 17.9 Å². The Labute approximate surface area is 115 Å². The van der Waals surface area contributed by atoms with Crippen LogP contribution in [0.15, 0.2) is 36.9 Å². The molecule has 1 heterocycles. The molecule has 0 radical (unpaired) electrons. The van der Waals surface area contributed by atoms with Gasteiger partial charge in [-0.1, -0.05) is 12.7 Å². The van der Waals surface area contributed by atoms with Gasteiger partial charge in [0.2, 0.25) is 0 Å². The summed E-state index contributed by atoms with van der Waals surface area (Å²) in [7, 11) is 0. The molecule has 0 fully saturated rings. The van der Waals surface area contributed by atoms with Gasteiger partial charge in [-0.3, -0.25) is 0 Å². The average molecular weight is 275 g/mol. The van der Waals surface area contributed by atoms with Crippen molar-refractivity contribution in [2.24, 2.45) is 0 Å². The van der Waals surface area contributed by atoms with Crippen LogP contribution in [0.1, 0.15) is 15.2 Å². The second-order valence-corrected chi connectivity index (χ2v) is 4.87. The van der Waals surface area contributed by atoms with Crippen molar-refractivity contribution in [2.75, 3.05) is 6.61 Å². The van der Waals surface area contributed by atoms with Gasteiger partial charge in [0.15, 0.2) is 0 Å². The summed E-state index contributed by atoms with van der Waals surface area (Å²) in [6, 6.07) is 7.19. The van der Waals surface area contributed by atoms with E-state index in [9.17, 15) is 9.90 Å². The molecule has 0 spiro atoms. The number of aryl methyl sites for hydroxylation is 1. The largest absolute Gasteiger partial charge is 0.490 e. The monoisotopic (exact) mass is 275 g/mol. The molecule has 0 saturated carbocycles. The zero-order valence-corrected chi connectivity index (χ0v) is 11.2. The van der Waals surface area contributed by atoms with E-state index in [2.05, 4.69) is 11.0 Å². The van der Waals surface area contributed by atoms with E-state index in [-0.39, 0.29) is 5.56 Å². The maximum Gasteiger partial charge on any atom is 0.339 e. The van der Waals surface area contributed by atoms with Crippen LogP contribution in [-0.4, -0.2) is 22.1 Å². The van der Waals surface area contributed by atoms with E-state index in [1.807, 2.05) is 0 Å². The molecule has 0 bridgehead atoms. The van der Waals surface area contributed by atoms with E-state index in [0.717, 1.165) is 5.56 Å². The van der Waals surface area contributed by atoms with Crippen molar-refractivity contribution in [3.05, 3.63) is 47.4 Å². The topological polar surface area (TPSA) is 59.4 Å². The predicted octanol–water partition coefficient (Wildman–Crippen LogP) is 3.38. The van der Waals surface area contributed by atoms with E-state index in [1.165, 1.54) is 11.5 Å². The number of hydrogen-bond acceptors (Lipinski definition) is 4. The Morgan fingerprint density at radius 3 is 2.74 bits per heavy atom. The Bertz CT molecular complexity index is 602. The van der Waals surface area contributed by atoms with Gasteiger partial charge in [-0.2, -0.15) is 4.37 Å². The minimum Gasteiger partial charge on any atom is -0.490 e. The first-order valence-electron chi connectivity index (χ1n) is 5.67. The molecule has 2 rings (SSSR count). The fourth-order valence-electron chi connectivity index (χ4n) is 1.69. The number of carboxylic acid groups (broad SMARTS) is 1. The lowest BCUT2D eigenvalue weighted by Crippen LogP contribution is -1.99. The zero-order chi connectivity index (χ0) is 13.8. The van der Waals surface area contributed by atoms with E-state index < -0.39 is 5.97 Å². The SMILES string of the molecule is C=CCOc1ccc(-c2nsc(C)c2C(=O)O)cc1. The van der Waals surface area contributed by atoms with Crippen LogP contribution in [0.4, 0.5) is 0 Å². The van der Waals surface area contributed by atoms with Gasteiger partial charge in [0.25, 0.3) is 0 Å². The molecule has 5 heteroatoms. The molecule has 0 aliphatic heterocycles. The van der Waals surface area contributed by atoms with Crippen LogP contribution in [0.25, 0.3) is 11.3 Å². The predicted molar refractivity (Wildman–Crippen MR) is 74.9 cm³/mol. The number of carboxylic acids is 1. The van der Waals surface area contributed by atoms with Crippen LogP contribution >= 0.6 is 11.5 Å². The number of hydrogen-bond donors (Lipinski definition) is 1. The quantitative estimate of drug-likeness (QED) is 0.850. The van der Waals surface area contributed by atoms with E-state index >= 15 is 0 Å². The first-order chi connectivity index (χ1) is 9.13. The third-order valence-electron chi connectivity index (χ3n) is 2.57. The van der Waals surface area contributed by atoms with Crippen molar-refractivity contribution >= 4 is 17.5 Å². The Kier molecular flexibility index (Phi) is 3.97.